The standard InChI is InChI=1S/C14H24N6O/c1-5-7-15-13-19-11(10-12(20-13)18-9-17-10)16-8-14(3,4)21-6-2/h9H,5-8H2,1-4H3,(H3,15,16,17,18,19,20). The van der Waals surface area contributed by atoms with Gasteiger partial charge in [0.25, 0.3) is 0 Å². The molecule has 0 unspecified atom stereocenters. The molecular weight excluding hydrogens is 268 g/mol. The quantitative estimate of drug-likeness (QED) is 0.692. The SMILES string of the molecule is CCCNc1nc(NCC(C)(C)OCC)c2[nH]cnc2n1. The molecule has 2 aromatic rings. The summed E-state index contributed by atoms with van der Waals surface area (Å²) in [6, 6.07) is 0. The lowest BCUT2D eigenvalue weighted by Crippen LogP contribution is -2.33. The molecule has 0 fully saturated rings. The van der Waals surface area contributed by atoms with E-state index in [1.165, 1.54) is 0 Å². The van der Waals surface area contributed by atoms with Crippen molar-refractivity contribution in [1.29, 1.82) is 0 Å². The molecular formula is C14H24N6O. The van der Waals surface area contributed by atoms with E-state index < -0.39 is 0 Å². The van der Waals surface area contributed by atoms with Crippen LogP contribution in [0.3, 0.4) is 0 Å². The summed E-state index contributed by atoms with van der Waals surface area (Å²) >= 11 is 0. The van der Waals surface area contributed by atoms with E-state index in [1.54, 1.807) is 6.33 Å². The summed E-state index contributed by atoms with van der Waals surface area (Å²) in [4.78, 5) is 16.2. The second-order valence-corrected chi connectivity index (χ2v) is 5.47. The molecule has 7 nitrogen and oxygen atoms in total. The number of nitrogens with zero attached hydrogens (tertiary/aromatic N) is 3. The number of nitrogens with one attached hydrogen (secondary N) is 3. The van der Waals surface area contributed by atoms with Crippen LogP contribution in [0.2, 0.25) is 0 Å². The van der Waals surface area contributed by atoms with Gasteiger partial charge in [-0.2, -0.15) is 9.97 Å². The molecule has 0 spiro atoms. The zero-order valence-corrected chi connectivity index (χ0v) is 13.2. The first-order chi connectivity index (χ1) is 10.1. The highest BCUT2D eigenvalue weighted by atomic mass is 16.5. The van der Waals surface area contributed by atoms with Gasteiger partial charge in [0, 0.05) is 19.7 Å². The van der Waals surface area contributed by atoms with Crippen molar-refractivity contribution in [3.8, 4) is 0 Å². The average Bonchev–Trinajstić information content (AvgIpc) is 2.91. The van der Waals surface area contributed by atoms with E-state index in [0.717, 1.165) is 24.3 Å². The summed E-state index contributed by atoms with van der Waals surface area (Å²) in [5.41, 5.74) is 1.20. The van der Waals surface area contributed by atoms with Crippen molar-refractivity contribution in [2.45, 2.75) is 39.7 Å². The molecule has 3 N–H and O–H groups in total. The second kappa shape index (κ2) is 6.71. The van der Waals surface area contributed by atoms with Crippen LogP contribution in [0.1, 0.15) is 34.1 Å². The van der Waals surface area contributed by atoms with Crippen molar-refractivity contribution in [2.75, 3.05) is 30.3 Å². The number of hydrogen-bond donors (Lipinski definition) is 3. The molecule has 0 amide bonds. The smallest absolute Gasteiger partial charge is 0.226 e. The van der Waals surface area contributed by atoms with E-state index in [4.69, 9.17) is 4.74 Å². The van der Waals surface area contributed by atoms with Gasteiger partial charge in [0.1, 0.15) is 5.52 Å². The number of anilines is 2. The molecule has 0 aromatic carbocycles. The van der Waals surface area contributed by atoms with Crippen molar-refractivity contribution in [3.63, 3.8) is 0 Å². The number of ether oxygens (including phenoxy) is 1. The van der Waals surface area contributed by atoms with E-state index in [-0.39, 0.29) is 5.60 Å². The lowest BCUT2D eigenvalue weighted by Gasteiger charge is -2.25. The summed E-state index contributed by atoms with van der Waals surface area (Å²) < 4.78 is 5.69. The highest BCUT2D eigenvalue weighted by molar-refractivity contribution is 5.83. The molecule has 21 heavy (non-hydrogen) atoms. The average molecular weight is 292 g/mol. The number of imidazole rings is 1. The van der Waals surface area contributed by atoms with Crippen LogP contribution >= 0.6 is 0 Å². The number of rotatable bonds is 8. The lowest BCUT2D eigenvalue weighted by molar-refractivity contribution is 0.000662. The number of aromatic amines is 1. The Morgan fingerprint density at radius 2 is 2.05 bits per heavy atom. The van der Waals surface area contributed by atoms with Crippen LogP contribution in [0, 0.1) is 0 Å². The highest BCUT2D eigenvalue weighted by Crippen LogP contribution is 2.20. The van der Waals surface area contributed by atoms with Crippen molar-refractivity contribution < 1.29 is 4.74 Å². The predicted octanol–water partition coefficient (Wildman–Crippen LogP) is 2.40. The maximum atomic E-state index is 5.69. The van der Waals surface area contributed by atoms with Crippen molar-refractivity contribution in [3.05, 3.63) is 6.33 Å². The van der Waals surface area contributed by atoms with Crippen molar-refractivity contribution >= 4 is 22.9 Å². The fraction of sp³-hybridized carbons (Fsp3) is 0.643. The van der Waals surface area contributed by atoms with Crippen molar-refractivity contribution in [2.24, 2.45) is 0 Å². The fourth-order valence-corrected chi connectivity index (χ4v) is 2.02. The third-order valence-electron chi connectivity index (χ3n) is 3.04. The fourth-order valence-electron chi connectivity index (χ4n) is 2.02. The number of fused-ring (bicyclic) bond motifs is 1. The molecule has 2 heterocycles. The molecule has 0 saturated carbocycles. The third kappa shape index (κ3) is 4.04. The van der Waals surface area contributed by atoms with Gasteiger partial charge >= 0.3 is 0 Å². The van der Waals surface area contributed by atoms with E-state index in [9.17, 15) is 0 Å². The van der Waals surface area contributed by atoms with Gasteiger partial charge in [-0.1, -0.05) is 6.92 Å². The summed E-state index contributed by atoms with van der Waals surface area (Å²) in [5, 5.41) is 6.52. The maximum Gasteiger partial charge on any atom is 0.226 e. The molecule has 2 rings (SSSR count). The molecule has 0 aliphatic heterocycles. The first kappa shape index (κ1) is 15.5. The Morgan fingerprint density at radius 1 is 1.24 bits per heavy atom. The van der Waals surface area contributed by atoms with Crippen LogP contribution in [-0.4, -0.2) is 45.2 Å². The van der Waals surface area contributed by atoms with E-state index in [1.807, 2.05) is 20.8 Å². The van der Waals surface area contributed by atoms with E-state index in [0.29, 0.717) is 24.7 Å². The Hall–Kier alpha value is -1.89. The zero-order chi connectivity index (χ0) is 15.3. The summed E-state index contributed by atoms with van der Waals surface area (Å²) in [6.07, 6.45) is 2.64. The van der Waals surface area contributed by atoms with Gasteiger partial charge < -0.3 is 20.4 Å². The second-order valence-electron chi connectivity index (χ2n) is 5.47. The van der Waals surface area contributed by atoms with E-state index in [2.05, 4.69) is 37.5 Å². The summed E-state index contributed by atoms with van der Waals surface area (Å²) in [5.74, 6) is 1.33. The van der Waals surface area contributed by atoms with Gasteiger partial charge in [-0.25, -0.2) is 4.98 Å². The number of H-pyrrole nitrogens is 1. The van der Waals surface area contributed by atoms with Gasteiger partial charge in [-0.05, 0) is 27.2 Å². The minimum atomic E-state index is -0.261. The molecule has 0 atom stereocenters. The van der Waals surface area contributed by atoms with Gasteiger partial charge in [0.2, 0.25) is 5.95 Å². The first-order valence-corrected chi connectivity index (χ1v) is 7.38. The minimum Gasteiger partial charge on any atom is -0.374 e. The molecule has 0 bridgehead atoms. The highest BCUT2D eigenvalue weighted by Gasteiger charge is 2.19. The molecule has 0 radical (unpaired) electrons. The number of hydrogen-bond acceptors (Lipinski definition) is 6. The predicted molar refractivity (Wildman–Crippen MR) is 84.7 cm³/mol. The van der Waals surface area contributed by atoms with Crippen LogP contribution in [0.25, 0.3) is 11.2 Å². The Morgan fingerprint density at radius 3 is 2.76 bits per heavy atom. The Labute approximate surface area is 124 Å². The zero-order valence-electron chi connectivity index (χ0n) is 13.2. The molecule has 116 valence electrons. The van der Waals surface area contributed by atoms with Crippen LogP contribution in [0.4, 0.5) is 11.8 Å². The van der Waals surface area contributed by atoms with Gasteiger partial charge in [-0.3, -0.25) is 0 Å². The Bertz CT molecular complexity index is 580. The van der Waals surface area contributed by atoms with Gasteiger partial charge in [-0.15, -0.1) is 0 Å². The van der Waals surface area contributed by atoms with Crippen LogP contribution in [-0.2, 0) is 4.74 Å². The van der Waals surface area contributed by atoms with Crippen LogP contribution in [0.5, 0.6) is 0 Å². The van der Waals surface area contributed by atoms with Crippen LogP contribution in [0.15, 0.2) is 6.33 Å². The van der Waals surface area contributed by atoms with Gasteiger partial charge in [0.05, 0.1) is 11.9 Å². The summed E-state index contributed by atoms with van der Waals surface area (Å²) in [6.45, 7) is 10.4. The summed E-state index contributed by atoms with van der Waals surface area (Å²) in [7, 11) is 0. The largest absolute Gasteiger partial charge is 0.374 e. The van der Waals surface area contributed by atoms with Crippen molar-refractivity contribution in [1.82, 2.24) is 19.9 Å². The Balaban J connectivity index is 2.18. The third-order valence-corrected chi connectivity index (χ3v) is 3.04. The first-order valence-electron chi connectivity index (χ1n) is 7.38. The molecule has 0 aliphatic carbocycles. The maximum absolute atomic E-state index is 5.69. The number of aromatic nitrogens is 4. The molecule has 0 aliphatic rings. The normalized spacial score (nSPS) is 11.8. The minimum absolute atomic E-state index is 0.261. The molecule has 2 aromatic heterocycles. The monoisotopic (exact) mass is 292 g/mol. The molecule has 7 heteroatoms. The van der Waals surface area contributed by atoms with Gasteiger partial charge in [0.15, 0.2) is 11.5 Å². The Kier molecular flexibility index (Phi) is 4.95. The lowest BCUT2D eigenvalue weighted by atomic mass is 10.1. The molecule has 0 saturated heterocycles. The topological polar surface area (TPSA) is 87.8 Å². The van der Waals surface area contributed by atoms with E-state index >= 15 is 0 Å². The van der Waals surface area contributed by atoms with Crippen LogP contribution < -0.4 is 10.6 Å².